The number of benzene rings is 1. The lowest BCUT2D eigenvalue weighted by atomic mass is 10.1. The van der Waals surface area contributed by atoms with Gasteiger partial charge in [0.2, 0.25) is 5.91 Å². The number of amides is 3. The topological polar surface area (TPSA) is 52.7 Å². The molecule has 1 aromatic rings. The third kappa shape index (κ3) is 5.44. The minimum Gasteiger partial charge on any atom is -0.343 e. The molecular formula is C19H28FN3O2. The van der Waals surface area contributed by atoms with Gasteiger partial charge in [-0.05, 0) is 32.3 Å². The van der Waals surface area contributed by atoms with E-state index in [1.54, 1.807) is 32.2 Å². The van der Waals surface area contributed by atoms with E-state index in [0.29, 0.717) is 25.1 Å². The van der Waals surface area contributed by atoms with Crippen molar-refractivity contribution in [3.8, 4) is 0 Å². The first kappa shape index (κ1) is 19.2. The van der Waals surface area contributed by atoms with Crippen LogP contribution in [0.3, 0.4) is 0 Å². The first-order chi connectivity index (χ1) is 12.0. The van der Waals surface area contributed by atoms with Crippen molar-refractivity contribution in [1.29, 1.82) is 0 Å². The second kappa shape index (κ2) is 9.39. The Balaban J connectivity index is 1.76. The zero-order valence-corrected chi connectivity index (χ0v) is 15.1. The molecule has 2 rings (SSSR count). The Morgan fingerprint density at radius 2 is 2.08 bits per heavy atom. The van der Waals surface area contributed by atoms with E-state index in [2.05, 4.69) is 5.32 Å². The summed E-state index contributed by atoms with van der Waals surface area (Å²) >= 11 is 0. The van der Waals surface area contributed by atoms with E-state index < -0.39 is 0 Å². The fraction of sp³-hybridized carbons (Fsp3) is 0.579. The highest BCUT2D eigenvalue weighted by Crippen LogP contribution is 2.21. The maximum atomic E-state index is 13.9. The second-order valence-electron chi connectivity index (χ2n) is 6.59. The average molecular weight is 349 g/mol. The van der Waals surface area contributed by atoms with Crippen molar-refractivity contribution >= 4 is 11.9 Å². The van der Waals surface area contributed by atoms with Crippen molar-refractivity contribution in [3.05, 3.63) is 35.6 Å². The Morgan fingerprint density at radius 3 is 2.84 bits per heavy atom. The number of carbonyl (C=O) groups excluding carboxylic acids is 2. The van der Waals surface area contributed by atoms with Crippen LogP contribution in [0.1, 0.15) is 50.6 Å². The van der Waals surface area contributed by atoms with Crippen LogP contribution < -0.4 is 5.32 Å². The molecule has 0 unspecified atom stereocenters. The lowest BCUT2D eigenvalue weighted by Crippen LogP contribution is -2.40. The lowest BCUT2D eigenvalue weighted by Gasteiger charge is -2.26. The summed E-state index contributed by atoms with van der Waals surface area (Å²) < 4.78 is 13.9. The predicted octanol–water partition coefficient (Wildman–Crippen LogP) is 3.32. The van der Waals surface area contributed by atoms with E-state index in [4.69, 9.17) is 0 Å². The molecule has 0 saturated carbocycles. The van der Waals surface area contributed by atoms with Gasteiger partial charge in [-0.1, -0.05) is 24.6 Å². The fourth-order valence-electron chi connectivity index (χ4n) is 3.06. The van der Waals surface area contributed by atoms with Crippen LogP contribution >= 0.6 is 0 Å². The van der Waals surface area contributed by atoms with E-state index in [1.807, 2.05) is 4.90 Å². The largest absolute Gasteiger partial charge is 0.343 e. The van der Waals surface area contributed by atoms with Crippen LogP contribution in [0.25, 0.3) is 0 Å². The van der Waals surface area contributed by atoms with Crippen LogP contribution in [0, 0.1) is 5.82 Å². The molecule has 1 atom stereocenters. The first-order valence-electron chi connectivity index (χ1n) is 9.03. The molecule has 0 aliphatic carbocycles. The summed E-state index contributed by atoms with van der Waals surface area (Å²) in [6.07, 6.45) is 4.50. The summed E-state index contributed by atoms with van der Waals surface area (Å²) in [6.45, 7) is 3.79. The monoisotopic (exact) mass is 349 g/mol. The molecule has 0 bridgehead atoms. The third-order valence-corrected chi connectivity index (χ3v) is 4.81. The SMILES string of the molecule is C[C@H](c1ccccc1F)N(C)C(=O)NCCCN1CCCCCC1=O. The number of hydrogen-bond donors (Lipinski definition) is 1. The van der Waals surface area contributed by atoms with Gasteiger partial charge >= 0.3 is 6.03 Å². The smallest absolute Gasteiger partial charge is 0.317 e. The van der Waals surface area contributed by atoms with Crippen LogP contribution in [0.15, 0.2) is 24.3 Å². The molecule has 1 heterocycles. The molecule has 0 aromatic heterocycles. The summed E-state index contributed by atoms with van der Waals surface area (Å²) in [6, 6.07) is 5.89. The molecule has 5 nitrogen and oxygen atoms in total. The highest BCUT2D eigenvalue weighted by atomic mass is 19.1. The summed E-state index contributed by atoms with van der Waals surface area (Å²) in [5, 5.41) is 2.85. The van der Waals surface area contributed by atoms with Gasteiger partial charge in [0.1, 0.15) is 5.82 Å². The van der Waals surface area contributed by atoms with Crippen LogP contribution in [-0.2, 0) is 4.79 Å². The highest BCUT2D eigenvalue weighted by molar-refractivity contribution is 5.76. The second-order valence-corrected chi connectivity index (χ2v) is 6.59. The minimum absolute atomic E-state index is 0.217. The lowest BCUT2D eigenvalue weighted by molar-refractivity contribution is -0.130. The number of nitrogens with zero attached hydrogens (tertiary/aromatic N) is 2. The van der Waals surface area contributed by atoms with E-state index in [1.165, 1.54) is 11.0 Å². The standard InChI is InChI=1S/C19H28FN3O2/c1-15(16-9-5-6-10-17(16)20)22(2)19(25)21-12-8-14-23-13-7-3-4-11-18(23)24/h5-6,9-10,15H,3-4,7-8,11-14H2,1-2H3,(H,21,25)/t15-/m1/s1. The van der Waals surface area contributed by atoms with Crippen LogP contribution in [-0.4, -0.2) is 48.4 Å². The zero-order valence-electron chi connectivity index (χ0n) is 15.1. The molecule has 1 aliphatic heterocycles. The van der Waals surface area contributed by atoms with Crippen molar-refractivity contribution in [2.75, 3.05) is 26.7 Å². The van der Waals surface area contributed by atoms with Crippen LogP contribution in [0.2, 0.25) is 0 Å². The fourth-order valence-corrected chi connectivity index (χ4v) is 3.06. The number of hydrogen-bond acceptors (Lipinski definition) is 2. The molecule has 0 radical (unpaired) electrons. The number of likely N-dealkylation sites (tertiary alicyclic amines) is 1. The quantitative estimate of drug-likeness (QED) is 0.801. The summed E-state index contributed by atoms with van der Waals surface area (Å²) in [7, 11) is 1.66. The number of rotatable bonds is 6. The maximum Gasteiger partial charge on any atom is 0.317 e. The molecule has 25 heavy (non-hydrogen) atoms. The Kier molecular flexibility index (Phi) is 7.22. The number of urea groups is 1. The molecule has 1 saturated heterocycles. The number of carbonyl (C=O) groups is 2. The Bertz CT molecular complexity index is 594. The highest BCUT2D eigenvalue weighted by Gasteiger charge is 2.20. The summed E-state index contributed by atoms with van der Waals surface area (Å²) in [5.74, 6) is -0.0940. The van der Waals surface area contributed by atoms with Crippen LogP contribution in [0.5, 0.6) is 0 Å². The number of halogens is 1. The maximum absolute atomic E-state index is 13.9. The summed E-state index contributed by atoms with van der Waals surface area (Å²) in [5.41, 5.74) is 0.496. The van der Waals surface area contributed by atoms with Crippen molar-refractivity contribution in [2.45, 2.75) is 45.1 Å². The molecular weight excluding hydrogens is 321 g/mol. The van der Waals surface area contributed by atoms with E-state index in [-0.39, 0.29) is 23.8 Å². The Hall–Kier alpha value is -2.11. The normalized spacial score (nSPS) is 16.3. The van der Waals surface area contributed by atoms with E-state index >= 15 is 0 Å². The van der Waals surface area contributed by atoms with Gasteiger partial charge in [0, 0.05) is 38.7 Å². The third-order valence-electron chi connectivity index (χ3n) is 4.81. The van der Waals surface area contributed by atoms with Gasteiger partial charge < -0.3 is 15.1 Å². The molecule has 1 aliphatic rings. The van der Waals surface area contributed by atoms with Crippen LogP contribution in [0.4, 0.5) is 9.18 Å². The first-order valence-corrected chi connectivity index (χ1v) is 9.03. The van der Waals surface area contributed by atoms with Crippen molar-refractivity contribution in [3.63, 3.8) is 0 Å². The predicted molar refractivity (Wildman–Crippen MR) is 95.6 cm³/mol. The van der Waals surface area contributed by atoms with Crippen molar-refractivity contribution < 1.29 is 14.0 Å². The molecule has 0 spiro atoms. The average Bonchev–Trinajstić information content (AvgIpc) is 2.82. The molecule has 1 fully saturated rings. The zero-order chi connectivity index (χ0) is 18.2. The minimum atomic E-state index is -0.353. The van der Waals surface area contributed by atoms with E-state index in [0.717, 1.165) is 32.2 Å². The van der Waals surface area contributed by atoms with Gasteiger partial charge in [-0.3, -0.25) is 4.79 Å². The molecule has 3 amide bonds. The van der Waals surface area contributed by atoms with Gasteiger partial charge in [0.15, 0.2) is 0 Å². The van der Waals surface area contributed by atoms with Gasteiger partial charge in [-0.15, -0.1) is 0 Å². The van der Waals surface area contributed by atoms with Gasteiger partial charge in [0.05, 0.1) is 6.04 Å². The summed E-state index contributed by atoms with van der Waals surface area (Å²) in [4.78, 5) is 27.6. The molecule has 138 valence electrons. The Morgan fingerprint density at radius 1 is 1.32 bits per heavy atom. The van der Waals surface area contributed by atoms with Gasteiger partial charge in [-0.25, -0.2) is 9.18 Å². The van der Waals surface area contributed by atoms with Gasteiger partial charge in [0.25, 0.3) is 0 Å². The number of nitrogens with one attached hydrogen (secondary N) is 1. The van der Waals surface area contributed by atoms with Gasteiger partial charge in [-0.2, -0.15) is 0 Å². The molecule has 6 heteroatoms. The van der Waals surface area contributed by atoms with Crippen molar-refractivity contribution in [2.24, 2.45) is 0 Å². The molecule has 1 aromatic carbocycles. The molecule has 1 N–H and O–H groups in total. The Labute approximate surface area is 149 Å². The van der Waals surface area contributed by atoms with Crippen molar-refractivity contribution in [1.82, 2.24) is 15.1 Å². The van der Waals surface area contributed by atoms with E-state index in [9.17, 15) is 14.0 Å².